The number of anilines is 1. The topological polar surface area (TPSA) is 79.5 Å². The molecule has 2 aliphatic heterocycles. The summed E-state index contributed by atoms with van der Waals surface area (Å²) in [5.41, 5.74) is 2.48. The van der Waals surface area contributed by atoms with Crippen LogP contribution in [-0.4, -0.2) is 22.0 Å². The summed E-state index contributed by atoms with van der Waals surface area (Å²) in [6.07, 6.45) is 0.811. The number of imide groups is 1. The van der Waals surface area contributed by atoms with E-state index in [1.807, 2.05) is 36.4 Å². The van der Waals surface area contributed by atoms with Crippen molar-refractivity contribution >= 4 is 79.7 Å². The molecule has 1 aromatic heterocycles. The molecule has 0 spiro atoms. The first kappa shape index (κ1) is 28.0. The highest BCUT2D eigenvalue weighted by Gasteiger charge is 2.69. The van der Waals surface area contributed by atoms with Crippen LogP contribution in [0.15, 0.2) is 81.0 Å². The first-order chi connectivity index (χ1) is 20.8. The second-order valence-electron chi connectivity index (χ2n) is 11.5. The molecule has 1 saturated heterocycles. The minimum absolute atomic E-state index is 0.00337. The fourth-order valence-electron chi connectivity index (χ4n) is 7.89. The number of ether oxygens (including phenoxy) is 1. The first-order valence-corrected chi connectivity index (χ1v) is 17.2. The Morgan fingerprint density at radius 3 is 2.47 bits per heavy atom. The van der Waals surface area contributed by atoms with E-state index in [9.17, 15) is 14.4 Å². The van der Waals surface area contributed by atoms with E-state index >= 15 is 0 Å². The molecular weight excluding hydrogens is 691 g/mol. The summed E-state index contributed by atoms with van der Waals surface area (Å²) in [5.74, 6) is -0.378. The number of hydrogen-bond donors (Lipinski definition) is 1. The number of aromatic amines is 1. The highest BCUT2D eigenvalue weighted by Crippen LogP contribution is 2.69. The third kappa shape index (κ3) is 4.45. The smallest absolute Gasteiger partial charge is 0.305 e. The fourth-order valence-corrected chi connectivity index (χ4v) is 11.5. The lowest BCUT2D eigenvalue weighted by Gasteiger charge is -2.43. The van der Waals surface area contributed by atoms with Crippen molar-refractivity contribution in [2.45, 2.75) is 29.2 Å². The number of nitrogens with zero attached hydrogens (tertiary/aromatic N) is 1. The molecule has 3 heterocycles. The molecule has 43 heavy (non-hydrogen) atoms. The summed E-state index contributed by atoms with van der Waals surface area (Å²) in [6.45, 7) is 0.334. The summed E-state index contributed by atoms with van der Waals surface area (Å²) in [6, 6.07) is 20.4. The number of carbonyl (C=O) groups is 2. The summed E-state index contributed by atoms with van der Waals surface area (Å²) >= 11 is 18.9. The van der Waals surface area contributed by atoms with Gasteiger partial charge in [0.25, 0.3) is 0 Å². The van der Waals surface area contributed by atoms with Crippen LogP contribution in [0.1, 0.15) is 28.3 Å². The highest BCUT2D eigenvalue weighted by atomic mass is 79.9. The van der Waals surface area contributed by atoms with Crippen LogP contribution in [0.5, 0.6) is 5.75 Å². The van der Waals surface area contributed by atoms with Gasteiger partial charge in [0.15, 0.2) is 0 Å². The number of fused-ring (bicyclic) bond motifs is 9. The van der Waals surface area contributed by atoms with Crippen LogP contribution in [0.25, 0.3) is 0 Å². The van der Waals surface area contributed by atoms with Gasteiger partial charge in [-0.05, 0) is 84.3 Å². The molecule has 1 N–H and O–H groups in total. The van der Waals surface area contributed by atoms with Crippen LogP contribution in [0.3, 0.4) is 0 Å². The lowest BCUT2D eigenvalue weighted by molar-refractivity contribution is -0.123. The Bertz CT molecular complexity index is 1860. The molecule has 2 saturated carbocycles. The predicted molar refractivity (Wildman–Crippen MR) is 172 cm³/mol. The average molecular weight is 714 g/mol. The normalized spacial score (nSPS) is 28.6. The Labute approximate surface area is 273 Å². The summed E-state index contributed by atoms with van der Waals surface area (Å²) in [4.78, 5) is 45.9. The van der Waals surface area contributed by atoms with E-state index in [1.54, 1.807) is 36.0 Å². The number of rotatable bonds is 5. The van der Waals surface area contributed by atoms with Crippen LogP contribution >= 0.6 is 62.2 Å². The summed E-state index contributed by atoms with van der Waals surface area (Å²) in [5, 5.41) is 2.13. The zero-order valence-electron chi connectivity index (χ0n) is 22.3. The van der Waals surface area contributed by atoms with Crippen molar-refractivity contribution < 1.29 is 14.3 Å². The predicted octanol–water partition coefficient (Wildman–Crippen LogP) is 7.76. The number of thioether (sulfide) groups is 1. The fraction of sp³-hybridized carbons (Fsp3) is 0.281. The standard InChI is InChI=1S/C32H23BrCl2N2O4S2/c33-15-4-9-22(41-13-14-2-1-3-17(35)10-14)19(11-15)23-24-20-12-21(27(24)42-29-28(23)43-32(40)36-29)26-25(20)30(38)37(31(26)39)18-7-5-16(34)6-8-18/h1-11,20-21,23-27H,12-13H2,(H,36,40)/t20-,21-,23?,24?,25?,26?,27?/m1/s1. The van der Waals surface area contributed by atoms with Gasteiger partial charge in [0.05, 0.1) is 22.5 Å². The summed E-state index contributed by atoms with van der Waals surface area (Å²) < 4.78 is 7.34. The van der Waals surface area contributed by atoms with E-state index in [1.165, 1.54) is 16.2 Å². The van der Waals surface area contributed by atoms with Crippen LogP contribution < -0.4 is 14.5 Å². The van der Waals surface area contributed by atoms with Crippen molar-refractivity contribution in [3.05, 3.63) is 107 Å². The lowest BCUT2D eigenvalue weighted by Crippen LogP contribution is -2.42. The van der Waals surface area contributed by atoms with E-state index in [0.29, 0.717) is 22.3 Å². The highest BCUT2D eigenvalue weighted by molar-refractivity contribution is 9.10. The first-order valence-electron chi connectivity index (χ1n) is 14.0. The number of amides is 2. The van der Waals surface area contributed by atoms with Crippen molar-refractivity contribution in [3.8, 4) is 5.75 Å². The van der Waals surface area contributed by atoms with Gasteiger partial charge in [0, 0.05) is 36.1 Å². The van der Waals surface area contributed by atoms with Gasteiger partial charge in [-0.15, -0.1) is 11.8 Å². The third-order valence-electron chi connectivity index (χ3n) is 9.40. The number of hydrogen-bond acceptors (Lipinski definition) is 6. The van der Waals surface area contributed by atoms with Gasteiger partial charge in [-0.2, -0.15) is 0 Å². The zero-order valence-corrected chi connectivity index (χ0v) is 27.1. The van der Waals surface area contributed by atoms with Gasteiger partial charge < -0.3 is 9.72 Å². The molecule has 5 unspecified atom stereocenters. The van der Waals surface area contributed by atoms with Gasteiger partial charge in [-0.3, -0.25) is 19.3 Å². The molecule has 11 heteroatoms. The zero-order chi connectivity index (χ0) is 29.6. The van der Waals surface area contributed by atoms with Crippen LogP contribution in [0.2, 0.25) is 10.0 Å². The number of carbonyl (C=O) groups excluding carboxylic acids is 2. The van der Waals surface area contributed by atoms with Crippen LogP contribution in [0, 0.1) is 29.6 Å². The quantitative estimate of drug-likeness (QED) is 0.214. The van der Waals surface area contributed by atoms with E-state index < -0.39 is 5.92 Å². The molecule has 8 rings (SSSR count). The molecule has 6 nitrogen and oxygen atoms in total. The van der Waals surface area contributed by atoms with Gasteiger partial charge >= 0.3 is 4.87 Å². The van der Waals surface area contributed by atoms with Crippen molar-refractivity contribution in [2.75, 3.05) is 4.90 Å². The Morgan fingerprint density at radius 1 is 0.930 bits per heavy atom. The average Bonchev–Trinajstić information content (AvgIpc) is 3.72. The molecule has 2 aliphatic carbocycles. The van der Waals surface area contributed by atoms with Crippen molar-refractivity contribution in [1.29, 1.82) is 0 Å². The van der Waals surface area contributed by atoms with E-state index in [-0.39, 0.29) is 51.5 Å². The van der Waals surface area contributed by atoms with E-state index in [0.717, 1.165) is 37.7 Å². The molecule has 4 aliphatic rings. The molecule has 3 aromatic carbocycles. The Hall–Kier alpha value is -2.56. The second-order valence-corrected chi connectivity index (χ2v) is 15.5. The maximum Gasteiger partial charge on any atom is 0.305 e. The minimum atomic E-state index is -0.391. The summed E-state index contributed by atoms with van der Waals surface area (Å²) in [7, 11) is 0. The van der Waals surface area contributed by atoms with Gasteiger partial charge in [0.2, 0.25) is 11.8 Å². The van der Waals surface area contributed by atoms with Gasteiger partial charge in [-0.1, -0.05) is 62.6 Å². The van der Waals surface area contributed by atoms with Gasteiger partial charge in [-0.25, -0.2) is 0 Å². The van der Waals surface area contributed by atoms with Crippen LogP contribution in [-0.2, 0) is 16.2 Å². The number of benzene rings is 3. The molecule has 4 aromatic rings. The van der Waals surface area contributed by atoms with Crippen molar-refractivity contribution in [3.63, 3.8) is 0 Å². The monoisotopic (exact) mass is 712 g/mol. The number of H-pyrrole nitrogens is 1. The molecule has 7 atom stereocenters. The molecule has 0 radical (unpaired) electrons. The molecule has 218 valence electrons. The number of nitrogens with one attached hydrogen (secondary N) is 1. The number of thiazole rings is 1. The van der Waals surface area contributed by atoms with E-state index in [4.69, 9.17) is 27.9 Å². The SMILES string of the molecule is O=C1C2C(C(=O)N1c1ccc(Cl)cc1)[C@@H]1C[C@H]2C2Sc3[nH]c(=O)sc3C(c3cc(Br)ccc3OCc3cccc(Cl)c3)C21. The Kier molecular flexibility index (Phi) is 6.84. The Balaban J connectivity index is 1.20. The molecular formula is C32H23BrCl2N2O4S2. The molecule has 2 bridgehead atoms. The maximum absolute atomic E-state index is 14.0. The van der Waals surface area contributed by atoms with Crippen molar-refractivity contribution in [1.82, 2.24) is 4.98 Å². The van der Waals surface area contributed by atoms with Crippen LogP contribution in [0.4, 0.5) is 5.69 Å². The largest absolute Gasteiger partial charge is 0.489 e. The molecule has 2 amide bonds. The number of halogens is 3. The third-order valence-corrected chi connectivity index (χ3v) is 13.0. The number of aromatic nitrogens is 1. The van der Waals surface area contributed by atoms with Crippen molar-refractivity contribution in [2.24, 2.45) is 29.6 Å². The van der Waals surface area contributed by atoms with E-state index in [2.05, 4.69) is 27.0 Å². The van der Waals surface area contributed by atoms with Gasteiger partial charge in [0.1, 0.15) is 12.4 Å². The Morgan fingerprint density at radius 2 is 1.70 bits per heavy atom. The lowest BCUT2D eigenvalue weighted by atomic mass is 9.68. The minimum Gasteiger partial charge on any atom is -0.489 e. The maximum atomic E-state index is 14.0. The molecule has 3 fully saturated rings. The second kappa shape index (κ2) is 10.5.